The zero-order chi connectivity index (χ0) is 15.6. The van der Waals surface area contributed by atoms with E-state index in [4.69, 9.17) is 0 Å². The maximum Gasteiger partial charge on any atom is 0.325 e. The Morgan fingerprint density at radius 2 is 2.04 bits per heavy atom. The molecule has 23 heavy (non-hydrogen) atoms. The zero-order valence-corrected chi connectivity index (χ0v) is 14.0. The second kappa shape index (κ2) is 7.49. The van der Waals surface area contributed by atoms with Crippen molar-refractivity contribution in [2.24, 2.45) is 5.92 Å². The second-order valence-electron chi connectivity index (χ2n) is 6.61. The molecule has 1 saturated carbocycles. The van der Waals surface area contributed by atoms with Gasteiger partial charge in [-0.2, -0.15) is 0 Å². The van der Waals surface area contributed by atoms with Crippen LogP contribution in [-0.2, 0) is 9.59 Å². The van der Waals surface area contributed by atoms with Crippen LogP contribution in [0, 0.1) is 5.92 Å². The largest absolute Gasteiger partial charge is 0.355 e. The molecule has 1 atom stereocenters. The van der Waals surface area contributed by atoms with Crippen molar-refractivity contribution in [3.8, 4) is 0 Å². The first-order chi connectivity index (χ1) is 10.6. The number of carbonyl (C=O) groups excluding carboxylic acids is 3. The Morgan fingerprint density at radius 3 is 2.70 bits per heavy atom. The fourth-order valence-electron chi connectivity index (χ4n) is 3.71. The summed E-state index contributed by atoms with van der Waals surface area (Å²) in [6, 6.07) is -0.429. The highest BCUT2D eigenvalue weighted by Gasteiger charge is 2.52. The molecule has 3 rings (SSSR count). The van der Waals surface area contributed by atoms with Gasteiger partial charge in [0.1, 0.15) is 12.1 Å². The average molecular weight is 345 g/mol. The Bertz CT molecular complexity index is 473. The number of rotatable bonds is 5. The number of nitrogens with one attached hydrogen (secondary N) is 3. The van der Waals surface area contributed by atoms with Gasteiger partial charge in [0.05, 0.1) is 0 Å². The van der Waals surface area contributed by atoms with Gasteiger partial charge in [-0.3, -0.25) is 14.5 Å². The first-order valence-corrected chi connectivity index (χ1v) is 8.22. The molecule has 130 valence electrons. The molecule has 0 aromatic carbocycles. The average Bonchev–Trinajstić information content (AvgIpc) is 3.19. The number of imide groups is 1. The molecule has 2 aliphatic heterocycles. The molecule has 1 aliphatic carbocycles. The molecule has 3 fully saturated rings. The summed E-state index contributed by atoms with van der Waals surface area (Å²) in [5.41, 5.74) is -0.729. The van der Waals surface area contributed by atoms with Gasteiger partial charge in [0.25, 0.3) is 5.91 Å². The summed E-state index contributed by atoms with van der Waals surface area (Å²) in [4.78, 5) is 37.4. The first kappa shape index (κ1) is 18.0. The number of amides is 4. The Kier molecular flexibility index (Phi) is 5.86. The Balaban J connectivity index is 0.00000192. The third kappa shape index (κ3) is 3.77. The summed E-state index contributed by atoms with van der Waals surface area (Å²) >= 11 is 0. The van der Waals surface area contributed by atoms with Crippen LogP contribution in [0.15, 0.2) is 0 Å². The number of hydrogen-bond acceptors (Lipinski definition) is 4. The third-order valence-electron chi connectivity index (χ3n) is 5.04. The van der Waals surface area contributed by atoms with Crippen molar-refractivity contribution in [1.29, 1.82) is 0 Å². The highest BCUT2D eigenvalue weighted by atomic mass is 35.5. The summed E-state index contributed by atoms with van der Waals surface area (Å²) < 4.78 is 0. The van der Waals surface area contributed by atoms with E-state index in [1.54, 1.807) is 0 Å². The summed E-state index contributed by atoms with van der Waals surface area (Å²) in [6.07, 6.45) is 5.34. The lowest BCUT2D eigenvalue weighted by Gasteiger charge is -2.19. The van der Waals surface area contributed by atoms with E-state index in [2.05, 4.69) is 16.0 Å². The van der Waals surface area contributed by atoms with Gasteiger partial charge in [-0.15, -0.1) is 12.4 Å². The molecular formula is C15H25ClN4O3. The maximum absolute atomic E-state index is 12.4. The van der Waals surface area contributed by atoms with Crippen LogP contribution in [0.2, 0.25) is 0 Å². The highest BCUT2D eigenvalue weighted by molar-refractivity contribution is 6.09. The minimum atomic E-state index is -0.729. The number of nitrogens with zero attached hydrogens (tertiary/aromatic N) is 1. The van der Waals surface area contributed by atoms with Crippen LogP contribution >= 0.6 is 12.4 Å². The number of halogens is 1. The van der Waals surface area contributed by atoms with Crippen molar-refractivity contribution >= 4 is 30.3 Å². The van der Waals surface area contributed by atoms with Crippen LogP contribution in [0.1, 0.15) is 38.5 Å². The summed E-state index contributed by atoms with van der Waals surface area (Å²) in [5, 5.41) is 8.89. The smallest absolute Gasteiger partial charge is 0.325 e. The molecule has 8 heteroatoms. The molecule has 2 heterocycles. The van der Waals surface area contributed by atoms with E-state index >= 15 is 0 Å². The van der Waals surface area contributed by atoms with Gasteiger partial charge in [-0.1, -0.05) is 12.8 Å². The molecule has 1 unspecified atom stereocenters. The lowest BCUT2D eigenvalue weighted by atomic mass is 9.98. The SMILES string of the molecule is Cl.O=C(CN1C(=O)NC2(CCCC2)C1=O)NCCC1CCNC1. The number of hydrogen-bond donors (Lipinski definition) is 3. The van der Waals surface area contributed by atoms with Crippen LogP contribution in [0.4, 0.5) is 4.79 Å². The van der Waals surface area contributed by atoms with E-state index in [0.29, 0.717) is 25.3 Å². The van der Waals surface area contributed by atoms with E-state index in [1.807, 2.05) is 0 Å². The molecule has 1 spiro atoms. The second-order valence-corrected chi connectivity index (χ2v) is 6.61. The molecule has 3 aliphatic rings. The van der Waals surface area contributed by atoms with Gasteiger partial charge in [0.15, 0.2) is 0 Å². The van der Waals surface area contributed by atoms with Gasteiger partial charge >= 0.3 is 6.03 Å². The minimum absolute atomic E-state index is 0. The van der Waals surface area contributed by atoms with Crippen LogP contribution in [0.5, 0.6) is 0 Å². The lowest BCUT2D eigenvalue weighted by Crippen LogP contribution is -2.45. The van der Waals surface area contributed by atoms with E-state index in [1.165, 1.54) is 0 Å². The summed E-state index contributed by atoms with van der Waals surface area (Å²) in [5.74, 6) is 0.119. The monoisotopic (exact) mass is 344 g/mol. The molecule has 0 aromatic heterocycles. The molecule has 0 aromatic rings. The normalized spacial score (nSPS) is 25.6. The van der Waals surface area contributed by atoms with Crippen molar-refractivity contribution in [1.82, 2.24) is 20.9 Å². The molecule has 0 bridgehead atoms. The molecule has 4 amide bonds. The quantitative estimate of drug-likeness (QED) is 0.629. The molecular weight excluding hydrogens is 320 g/mol. The fraction of sp³-hybridized carbons (Fsp3) is 0.800. The van der Waals surface area contributed by atoms with Gasteiger partial charge in [-0.05, 0) is 44.7 Å². The zero-order valence-electron chi connectivity index (χ0n) is 13.2. The van der Waals surface area contributed by atoms with Crippen LogP contribution < -0.4 is 16.0 Å². The summed E-state index contributed by atoms with van der Waals surface area (Å²) in [7, 11) is 0. The van der Waals surface area contributed by atoms with E-state index < -0.39 is 11.6 Å². The van der Waals surface area contributed by atoms with Crippen LogP contribution in [-0.4, -0.2) is 54.5 Å². The van der Waals surface area contributed by atoms with E-state index in [-0.39, 0.29) is 30.8 Å². The van der Waals surface area contributed by atoms with Crippen LogP contribution in [0.25, 0.3) is 0 Å². The molecule has 3 N–H and O–H groups in total. The number of urea groups is 1. The molecule has 0 radical (unpaired) electrons. The standard InChI is InChI=1S/C15H24N4O3.ClH/c20-12(17-8-4-11-3-7-16-9-11)10-19-13(21)15(18-14(19)22)5-1-2-6-15;/h11,16H,1-10H2,(H,17,20)(H,18,22);1H. The van der Waals surface area contributed by atoms with Crippen LogP contribution in [0.3, 0.4) is 0 Å². The first-order valence-electron chi connectivity index (χ1n) is 8.22. The van der Waals surface area contributed by atoms with Crippen molar-refractivity contribution in [2.45, 2.75) is 44.1 Å². The molecule has 7 nitrogen and oxygen atoms in total. The topological polar surface area (TPSA) is 90.5 Å². The van der Waals surface area contributed by atoms with E-state index in [9.17, 15) is 14.4 Å². The third-order valence-corrected chi connectivity index (χ3v) is 5.04. The van der Waals surface area contributed by atoms with Gasteiger partial charge in [0, 0.05) is 6.54 Å². The summed E-state index contributed by atoms with van der Waals surface area (Å²) in [6.45, 7) is 2.48. The van der Waals surface area contributed by atoms with Crippen molar-refractivity contribution in [2.75, 3.05) is 26.2 Å². The van der Waals surface area contributed by atoms with Crippen molar-refractivity contribution in [3.63, 3.8) is 0 Å². The van der Waals surface area contributed by atoms with Crippen molar-refractivity contribution in [3.05, 3.63) is 0 Å². The maximum atomic E-state index is 12.4. The Morgan fingerprint density at radius 1 is 1.30 bits per heavy atom. The number of carbonyl (C=O) groups is 3. The van der Waals surface area contributed by atoms with Gasteiger partial charge in [0.2, 0.25) is 5.91 Å². The predicted octanol–water partition coefficient (Wildman–Crippen LogP) is 0.389. The lowest BCUT2D eigenvalue weighted by molar-refractivity contribution is -0.134. The van der Waals surface area contributed by atoms with Gasteiger partial charge in [-0.25, -0.2) is 4.79 Å². The minimum Gasteiger partial charge on any atom is -0.355 e. The highest BCUT2D eigenvalue weighted by Crippen LogP contribution is 2.34. The van der Waals surface area contributed by atoms with Crippen molar-refractivity contribution < 1.29 is 14.4 Å². The predicted molar refractivity (Wildman–Crippen MR) is 87.3 cm³/mol. The van der Waals surface area contributed by atoms with E-state index in [0.717, 1.165) is 43.7 Å². The Hall–Kier alpha value is -1.34. The van der Waals surface area contributed by atoms with Gasteiger partial charge < -0.3 is 16.0 Å². The molecule has 2 saturated heterocycles. The fourth-order valence-corrected chi connectivity index (χ4v) is 3.71. The Labute approximate surface area is 142 Å².